The third-order valence-corrected chi connectivity index (χ3v) is 5.31. The van der Waals surface area contributed by atoms with E-state index < -0.39 is 34.7 Å². The van der Waals surface area contributed by atoms with E-state index in [-0.39, 0.29) is 27.7 Å². The third kappa shape index (κ3) is 4.50. The summed E-state index contributed by atoms with van der Waals surface area (Å²) in [5, 5.41) is 2.54. The summed E-state index contributed by atoms with van der Waals surface area (Å²) in [7, 11) is 0. The molecule has 4 aromatic rings. The van der Waals surface area contributed by atoms with E-state index >= 15 is 0 Å². The zero-order valence-electron chi connectivity index (χ0n) is 16.1. The molecule has 32 heavy (non-hydrogen) atoms. The minimum Gasteiger partial charge on any atom is -0.325 e. The lowest BCUT2D eigenvalue weighted by atomic mass is 10.2. The van der Waals surface area contributed by atoms with Gasteiger partial charge >= 0.3 is 0 Å². The highest BCUT2D eigenvalue weighted by atomic mass is 32.2. The molecular weight excluding hydrogens is 446 g/mol. The number of benzene rings is 3. The monoisotopic (exact) mass is 459 g/mol. The molecule has 0 aliphatic carbocycles. The van der Waals surface area contributed by atoms with E-state index in [0.717, 1.165) is 40.6 Å². The molecule has 0 saturated heterocycles. The van der Waals surface area contributed by atoms with Gasteiger partial charge in [-0.15, -0.1) is 0 Å². The number of hydrogen-bond acceptors (Lipinski definition) is 4. The molecule has 5 nitrogen and oxygen atoms in total. The van der Waals surface area contributed by atoms with Crippen molar-refractivity contribution >= 4 is 34.3 Å². The maximum atomic E-state index is 14.5. The Kier molecular flexibility index (Phi) is 5.95. The highest BCUT2D eigenvalue weighted by Gasteiger charge is 2.18. The summed E-state index contributed by atoms with van der Waals surface area (Å²) in [6.07, 6.45) is 0. The van der Waals surface area contributed by atoms with E-state index in [1.54, 1.807) is 18.2 Å². The largest absolute Gasteiger partial charge is 0.325 e. The molecule has 0 bridgehead atoms. The molecule has 10 heteroatoms. The second-order valence-electron chi connectivity index (χ2n) is 6.64. The van der Waals surface area contributed by atoms with E-state index in [9.17, 15) is 27.2 Å². The second kappa shape index (κ2) is 8.83. The summed E-state index contributed by atoms with van der Waals surface area (Å²) in [4.78, 5) is 29.7. The van der Waals surface area contributed by atoms with E-state index in [1.165, 1.54) is 6.07 Å². The van der Waals surface area contributed by atoms with Gasteiger partial charge in [-0.05, 0) is 36.4 Å². The number of carbonyl (C=O) groups is 1. The maximum absolute atomic E-state index is 14.5. The van der Waals surface area contributed by atoms with Crippen LogP contribution in [0.1, 0.15) is 0 Å². The minimum absolute atomic E-state index is 0.0141. The molecule has 1 aromatic heterocycles. The fraction of sp³-hybridized carbons (Fsp3) is 0.0455. The quantitative estimate of drug-likeness (QED) is 0.268. The number of thioether (sulfide) groups is 1. The number of aromatic nitrogens is 2. The number of anilines is 1. The summed E-state index contributed by atoms with van der Waals surface area (Å²) in [6.45, 7) is 0. The van der Waals surface area contributed by atoms with Crippen LogP contribution in [0.4, 0.5) is 23.2 Å². The Labute approximate surface area is 182 Å². The fourth-order valence-corrected chi connectivity index (χ4v) is 3.84. The molecule has 162 valence electrons. The van der Waals surface area contributed by atoms with Gasteiger partial charge in [-0.1, -0.05) is 23.9 Å². The molecular formula is C22H13F4N3O2S. The van der Waals surface area contributed by atoms with Gasteiger partial charge in [-0.2, -0.15) is 0 Å². The Morgan fingerprint density at radius 2 is 1.66 bits per heavy atom. The second-order valence-corrected chi connectivity index (χ2v) is 7.59. The van der Waals surface area contributed by atoms with Gasteiger partial charge in [-0.3, -0.25) is 14.2 Å². The van der Waals surface area contributed by atoms with E-state index in [1.807, 2.05) is 0 Å². The standard InChI is InChI=1S/C22H13F4N3O2S/c23-12-5-6-19(17(26)10-12)29-21(31)16-3-1-2-4-18(16)28-22(29)32-11-20(30)27-15-8-13(24)7-14(25)9-15/h1-10H,11H2,(H,27,30). The normalized spacial score (nSPS) is 11.0. The van der Waals surface area contributed by atoms with Crippen LogP contribution in [0, 0.1) is 23.3 Å². The van der Waals surface area contributed by atoms with Crippen molar-refractivity contribution in [3.63, 3.8) is 0 Å². The van der Waals surface area contributed by atoms with Gasteiger partial charge in [0.1, 0.15) is 23.3 Å². The predicted molar refractivity (Wildman–Crippen MR) is 113 cm³/mol. The molecule has 0 saturated carbocycles. The van der Waals surface area contributed by atoms with Crippen LogP contribution in [0.25, 0.3) is 16.6 Å². The van der Waals surface area contributed by atoms with Crippen LogP contribution in [-0.2, 0) is 4.79 Å². The van der Waals surface area contributed by atoms with Crippen molar-refractivity contribution in [2.24, 2.45) is 0 Å². The Morgan fingerprint density at radius 1 is 0.938 bits per heavy atom. The van der Waals surface area contributed by atoms with Gasteiger partial charge in [0.15, 0.2) is 5.16 Å². The van der Waals surface area contributed by atoms with Crippen LogP contribution in [0.5, 0.6) is 0 Å². The first-order valence-corrected chi connectivity index (χ1v) is 10.2. The number of carbonyl (C=O) groups excluding carboxylic acids is 1. The Morgan fingerprint density at radius 3 is 2.38 bits per heavy atom. The van der Waals surface area contributed by atoms with Crippen molar-refractivity contribution in [2.75, 3.05) is 11.1 Å². The lowest BCUT2D eigenvalue weighted by Crippen LogP contribution is -2.23. The van der Waals surface area contributed by atoms with Crippen LogP contribution in [-0.4, -0.2) is 21.2 Å². The molecule has 1 heterocycles. The molecule has 0 fully saturated rings. The topological polar surface area (TPSA) is 64.0 Å². The molecule has 0 atom stereocenters. The van der Waals surface area contributed by atoms with Gasteiger partial charge in [0.2, 0.25) is 5.91 Å². The Bertz CT molecular complexity index is 1390. The number of rotatable bonds is 5. The number of halogens is 4. The molecule has 0 aliphatic rings. The summed E-state index contributed by atoms with van der Waals surface area (Å²) in [5.41, 5.74) is -0.589. The van der Waals surface area contributed by atoms with Crippen LogP contribution in [0.15, 0.2) is 70.6 Å². The van der Waals surface area contributed by atoms with Gasteiger partial charge in [-0.25, -0.2) is 22.5 Å². The lowest BCUT2D eigenvalue weighted by Gasteiger charge is -2.14. The fourth-order valence-electron chi connectivity index (χ4n) is 3.04. The van der Waals surface area contributed by atoms with Gasteiger partial charge in [0, 0.05) is 17.8 Å². The van der Waals surface area contributed by atoms with Crippen LogP contribution in [0.3, 0.4) is 0 Å². The predicted octanol–water partition coefficient (Wildman–Crippen LogP) is 4.67. The summed E-state index contributed by atoms with van der Waals surface area (Å²) in [6, 6.07) is 11.7. The van der Waals surface area contributed by atoms with Crippen molar-refractivity contribution in [2.45, 2.75) is 5.16 Å². The smallest absolute Gasteiger partial charge is 0.266 e. The van der Waals surface area contributed by atoms with Crippen molar-refractivity contribution < 1.29 is 22.4 Å². The zero-order valence-corrected chi connectivity index (χ0v) is 16.9. The van der Waals surface area contributed by atoms with Gasteiger partial charge < -0.3 is 5.32 Å². The van der Waals surface area contributed by atoms with Crippen LogP contribution >= 0.6 is 11.8 Å². The van der Waals surface area contributed by atoms with E-state index in [2.05, 4.69) is 10.3 Å². The molecule has 0 radical (unpaired) electrons. The average molecular weight is 459 g/mol. The first-order chi connectivity index (χ1) is 15.3. The number of nitrogens with zero attached hydrogens (tertiary/aromatic N) is 2. The summed E-state index contributed by atoms with van der Waals surface area (Å²) in [5.74, 6) is -4.44. The molecule has 0 unspecified atom stereocenters. The molecule has 1 N–H and O–H groups in total. The van der Waals surface area contributed by atoms with E-state index in [0.29, 0.717) is 17.6 Å². The zero-order chi connectivity index (χ0) is 22.8. The van der Waals surface area contributed by atoms with Crippen molar-refractivity contribution in [3.05, 3.63) is 94.3 Å². The van der Waals surface area contributed by atoms with Crippen molar-refractivity contribution in [3.8, 4) is 5.69 Å². The molecule has 3 aromatic carbocycles. The lowest BCUT2D eigenvalue weighted by molar-refractivity contribution is -0.113. The number of hydrogen-bond donors (Lipinski definition) is 1. The summed E-state index contributed by atoms with van der Waals surface area (Å²) >= 11 is 0.811. The highest BCUT2D eigenvalue weighted by molar-refractivity contribution is 7.99. The minimum atomic E-state index is -0.981. The third-order valence-electron chi connectivity index (χ3n) is 4.37. The first kappa shape index (κ1) is 21.6. The number of fused-ring (bicyclic) bond motifs is 1. The number of amides is 1. The highest BCUT2D eigenvalue weighted by Crippen LogP contribution is 2.24. The van der Waals surface area contributed by atoms with E-state index in [4.69, 9.17) is 0 Å². The number of nitrogens with one attached hydrogen (secondary N) is 1. The average Bonchev–Trinajstić information content (AvgIpc) is 2.72. The van der Waals surface area contributed by atoms with Gasteiger partial charge in [0.05, 0.1) is 22.3 Å². The molecule has 0 aliphatic heterocycles. The Balaban J connectivity index is 1.69. The van der Waals surface area contributed by atoms with Gasteiger partial charge in [0.25, 0.3) is 5.56 Å². The van der Waals surface area contributed by atoms with Crippen LogP contribution in [0.2, 0.25) is 0 Å². The molecule has 0 spiro atoms. The van der Waals surface area contributed by atoms with Crippen LogP contribution < -0.4 is 10.9 Å². The maximum Gasteiger partial charge on any atom is 0.266 e. The Hall–Kier alpha value is -3.66. The van der Waals surface area contributed by atoms with Crippen molar-refractivity contribution in [1.29, 1.82) is 0 Å². The molecule has 4 rings (SSSR count). The number of para-hydroxylation sites is 1. The molecule has 1 amide bonds. The first-order valence-electron chi connectivity index (χ1n) is 9.18. The summed E-state index contributed by atoms with van der Waals surface area (Å²) < 4.78 is 55.5. The SMILES string of the molecule is O=C(CSc1nc2ccccc2c(=O)n1-c1ccc(F)cc1F)Nc1cc(F)cc(F)c1. The van der Waals surface area contributed by atoms with Crippen molar-refractivity contribution in [1.82, 2.24) is 9.55 Å².